The summed E-state index contributed by atoms with van der Waals surface area (Å²) in [4.78, 5) is 6.68. The van der Waals surface area contributed by atoms with E-state index in [0.29, 0.717) is 5.56 Å². The fraction of sp³-hybridized carbons (Fsp3) is 0. The highest BCUT2D eigenvalue weighted by Gasteiger charge is 2.48. The van der Waals surface area contributed by atoms with Gasteiger partial charge in [-0.25, -0.2) is 0 Å². The van der Waals surface area contributed by atoms with Crippen molar-refractivity contribution in [3.05, 3.63) is 182 Å². The molecule has 0 atom stereocenters. The van der Waals surface area contributed by atoms with Gasteiger partial charge >= 0.3 is 0 Å². The second-order valence-corrected chi connectivity index (χ2v) is 15.2. The van der Waals surface area contributed by atoms with E-state index in [1.807, 2.05) is 0 Å². The lowest BCUT2D eigenvalue weighted by molar-refractivity contribution is 1.29. The summed E-state index contributed by atoms with van der Waals surface area (Å²) >= 11 is 0. The van der Waals surface area contributed by atoms with Crippen molar-refractivity contribution in [1.82, 2.24) is 4.98 Å². The van der Waals surface area contributed by atoms with Gasteiger partial charge in [0.1, 0.15) is 0 Å². The summed E-state index contributed by atoms with van der Waals surface area (Å²) in [5.74, 6) is 0. The molecule has 0 saturated heterocycles. The van der Waals surface area contributed by atoms with Gasteiger partial charge < -0.3 is 4.90 Å². The fourth-order valence-electron chi connectivity index (χ4n) is 7.08. The molecule has 4 heteroatoms. The van der Waals surface area contributed by atoms with Crippen LogP contribution < -0.4 is 25.6 Å². The Morgan fingerprint density at radius 1 is 0.522 bits per heavy atom. The molecule has 0 aliphatic carbocycles. The lowest BCUT2D eigenvalue weighted by Crippen LogP contribution is -2.77. The smallest absolute Gasteiger partial charge is 0.184 e. The number of para-hydroxylation sites is 2. The van der Waals surface area contributed by atoms with Gasteiger partial charge in [0.2, 0.25) is 0 Å². The van der Waals surface area contributed by atoms with Gasteiger partial charge in [0, 0.05) is 35.0 Å². The molecule has 0 bridgehead atoms. The molecule has 6 aromatic carbocycles. The molecular weight excluding hydrogens is 575 g/mol. The van der Waals surface area contributed by atoms with Crippen molar-refractivity contribution in [2.75, 3.05) is 4.90 Å². The summed E-state index contributed by atoms with van der Waals surface area (Å²) in [5, 5.41) is 15.1. The van der Waals surface area contributed by atoms with Crippen molar-refractivity contribution in [1.29, 1.82) is 5.26 Å². The molecule has 0 radical (unpaired) electrons. The van der Waals surface area contributed by atoms with Crippen LogP contribution in [0.5, 0.6) is 0 Å². The van der Waals surface area contributed by atoms with E-state index in [0.717, 1.165) is 27.9 Å². The first-order chi connectivity index (χ1) is 22.8. The Morgan fingerprint density at radius 2 is 1.09 bits per heavy atom. The summed E-state index contributed by atoms with van der Waals surface area (Å²) in [6.07, 6.45) is 3.42. The van der Waals surface area contributed by atoms with Gasteiger partial charge in [-0.3, -0.25) is 4.98 Å². The van der Waals surface area contributed by atoms with Crippen LogP contribution in [0.15, 0.2) is 176 Å². The Kier molecular flexibility index (Phi) is 6.87. The van der Waals surface area contributed by atoms with Crippen molar-refractivity contribution in [2.24, 2.45) is 0 Å². The Labute approximate surface area is 270 Å². The van der Waals surface area contributed by atoms with Crippen molar-refractivity contribution in [3.8, 4) is 28.3 Å². The number of nitriles is 1. The van der Waals surface area contributed by atoms with Gasteiger partial charge in [-0.2, -0.15) is 5.26 Å². The molecule has 1 aromatic heterocycles. The maximum absolute atomic E-state index is 9.59. The molecule has 0 saturated carbocycles. The molecule has 0 unspecified atom stereocenters. The first-order valence-corrected chi connectivity index (χ1v) is 17.4. The molecule has 1 aliphatic rings. The van der Waals surface area contributed by atoms with Crippen LogP contribution in [0, 0.1) is 11.3 Å². The number of anilines is 3. The standard InChI is InChI=1S/C42H29N3Si/c43-29-34-26-27-44-30-38(34)32-24-22-31(23-25-32)33-12-11-13-35(28-33)45-39-18-7-9-20-41(39)46(36-14-3-1-4-15-36,37-16-5-2-6-17-37)42-21-10-8-19-40(42)45/h1-28,30H. The molecule has 0 N–H and O–H groups in total. The van der Waals surface area contributed by atoms with Gasteiger partial charge in [-0.15, -0.1) is 0 Å². The summed E-state index contributed by atoms with van der Waals surface area (Å²) in [6.45, 7) is 0. The van der Waals surface area contributed by atoms with Crippen LogP contribution in [0.3, 0.4) is 0 Å². The number of aromatic nitrogens is 1. The predicted octanol–water partition coefficient (Wildman–Crippen LogP) is 7.45. The molecule has 3 nitrogen and oxygen atoms in total. The van der Waals surface area contributed by atoms with Crippen LogP contribution in [0.25, 0.3) is 22.3 Å². The third kappa shape index (κ3) is 4.37. The van der Waals surface area contributed by atoms with Crippen molar-refractivity contribution < 1.29 is 0 Å². The summed E-state index contributed by atoms with van der Waals surface area (Å²) in [6, 6.07) is 61.4. The predicted molar refractivity (Wildman–Crippen MR) is 192 cm³/mol. The monoisotopic (exact) mass is 603 g/mol. The van der Waals surface area contributed by atoms with Gasteiger partial charge in [-0.05, 0) is 67.8 Å². The molecule has 2 heterocycles. The lowest BCUT2D eigenvalue weighted by Gasteiger charge is -2.45. The number of rotatable bonds is 5. The molecule has 0 spiro atoms. The van der Waals surface area contributed by atoms with E-state index in [2.05, 4.69) is 174 Å². The van der Waals surface area contributed by atoms with Gasteiger partial charge in [0.15, 0.2) is 8.07 Å². The minimum Gasteiger partial charge on any atom is -0.311 e. The van der Waals surface area contributed by atoms with E-state index in [1.165, 1.54) is 32.1 Å². The molecule has 8 rings (SSSR count). The van der Waals surface area contributed by atoms with Crippen LogP contribution in [0.1, 0.15) is 5.56 Å². The number of hydrogen-bond donors (Lipinski definition) is 0. The molecule has 1 aliphatic heterocycles. The molecular formula is C42H29N3Si. The van der Waals surface area contributed by atoms with Crippen LogP contribution >= 0.6 is 0 Å². The summed E-state index contributed by atoms with van der Waals surface area (Å²) < 4.78 is 0. The Hall–Kier alpha value is -6.02. The zero-order valence-electron chi connectivity index (χ0n) is 25.1. The van der Waals surface area contributed by atoms with Gasteiger partial charge in [0.25, 0.3) is 0 Å². The first-order valence-electron chi connectivity index (χ1n) is 15.4. The van der Waals surface area contributed by atoms with Gasteiger partial charge in [-0.1, -0.05) is 133 Å². The second kappa shape index (κ2) is 11.5. The molecule has 7 aromatic rings. The van der Waals surface area contributed by atoms with Gasteiger partial charge in [0.05, 0.1) is 11.6 Å². The van der Waals surface area contributed by atoms with Crippen LogP contribution in [0.2, 0.25) is 0 Å². The number of hydrogen-bond acceptors (Lipinski definition) is 3. The Balaban J connectivity index is 1.29. The Bertz CT molecular complexity index is 2130. The quantitative estimate of drug-likeness (QED) is 0.192. The third-order valence-electron chi connectivity index (χ3n) is 9.09. The highest BCUT2D eigenvalue weighted by atomic mass is 28.3. The zero-order chi connectivity index (χ0) is 30.9. The van der Waals surface area contributed by atoms with E-state index >= 15 is 0 Å². The largest absolute Gasteiger partial charge is 0.311 e. The number of pyridine rings is 1. The topological polar surface area (TPSA) is 39.9 Å². The number of fused-ring (bicyclic) bond motifs is 2. The van der Waals surface area contributed by atoms with E-state index in [1.54, 1.807) is 18.5 Å². The van der Waals surface area contributed by atoms with Crippen LogP contribution in [-0.4, -0.2) is 13.1 Å². The second-order valence-electron chi connectivity index (χ2n) is 11.5. The number of nitrogens with zero attached hydrogens (tertiary/aromatic N) is 3. The lowest BCUT2D eigenvalue weighted by atomic mass is 9.98. The highest BCUT2D eigenvalue weighted by molar-refractivity contribution is 7.21. The molecule has 46 heavy (non-hydrogen) atoms. The highest BCUT2D eigenvalue weighted by Crippen LogP contribution is 2.39. The first kappa shape index (κ1) is 27.5. The van der Waals surface area contributed by atoms with E-state index in [4.69, 9.17) is 0 Å². The summed E-state index contributed by atoms with van der Waals surface area (Å²) in [7, 11) is -2.64. The summed E-state index contributed by atoms with van der Waals surface area (Å²) in [5.41, 5.74) is 8.24. The zero-order valence-corrected chi connectivity index (χ0v) is 26.1. The maximum atomic E-state index is 9.59. The number of benzene rings is 6. The van der Waals surface area contributed by atoms with Crippen molar-refractivity contribution in [2.45, 2.75) is 0 Å². The normalized spacial score (nSPS) is 12.9. The minimum absolute atomic E-state index is 0.623. The maximum Gasteiger partial charge on any atom is 0.184 e. The average Bonchev–Trinajstić information content (AvgIpc) is 3.14. The van der Waals surface area contributed by atoms with E-state index in [-0.39, 0.29) is 0 Å². The van der Waals surface area contributed by atoms with E-state index < -0.39 is 8.07 Å². The molecule has 0 fully saturated rings. The third-order valence-corrected chi connectivity index (χ3v) is 13.9. The Morgan fingerprint density at radius 3 is 1.70 bits per heavy atom. The molecule has 216 valence electrons. The van der Waals surface area contributed by atoms with Crippen LogP contribution in [-0.2, 0) is 0 Å². The van der Waals surface area contributed by atoms with Crippen molar-refractivity contribution >= 4 is 45.9 Å². The van der Waals surface area contributed by atoms with Crippen molar-refractivity contribution in [3.63, 3.8) is 0 Å². The fourth-order valence-corrected chi connectivity index (χ4v) is 12.2. The molecule has 0 amide bonds. The van der Waals surface area contributed by atoms with E-state index in [9.17, 15) is 5.26 Å². The SMILES string of the molecule is N#Cc1ccncc1-c1ccc(-c2cccc(N3c4ccccc4[Si](c4ccccc4)(c4ccccc4)c4ccccc43)c2)cc1. The average molecular weight is 604 g/mol. The minimum atomic E-state index is -2.64. The van der Waals surface area contributed by atoms with Crippen LogP contribution in [0.4, 0.5) is 17.1 Å².